The summed E-state index contributed by atoms with van der Waals surface area (Å²) in [5, 5.41) is 0. The van der Waals surface area contributed by atoms with Crippen molar-refractivity contribution in [1.29, 1.82) is 0 Å². The fraction of sp³-hybridized carbons (Fsp3) is 0.636. The van der Waals surface area contributed by atoms with E-state index in [1.807, 2.05) is 17.8 Å². The predicted molar refractivity (Wildman–Crippen MR) is 75.4 cm³/mol. The second-order valence-electron chi connectivity index (χ2n) is 3.73. The molecule has 0 radical (unpaired) electrons. The van der Waals surface area contributed by atoms with Crippen molar-refractivity contribution >= 4 is 33.5 Å². The Morgan fingerprint density at radius 2 is 2.19 bits per heavy atom. The lowest BCUT2D eigenvalue weighted by Gasteiger charge is -2.25. The van der Waals surface area contributed by atoms with Gasteiger partial charge in [-0.2, -0.15) is 11.8 Å². The molecule has 0 spiro atoms. The van der Waals surface area contributed by atoms with Crippen molar-refractivity contribution < 1.29 is 0 Å². The van der Waals surface area contributed by atoms with E-state index >= 15 is 0 Å². The van der Waals surface area contributed by atoms with E-state index in [-0.39, 0.29) is 0 Å². The van der Waals surface area contributed by atoms with Gasteiger partial charge in [-0.15, -0.1) is 0 Å². The van der Waals surface area contributed by atoms with Crippen LogP contribution in [0.15, 0.2) is 10.7 Å². The third-order valence-electron chi connectivity index (χ3n) is 2.47. The topological polar surface area (TPSA) is 29.0 Å². The van der Waals surface area contributed by atoms with Gasteiger partial charge in [0.2, 0.25) is 0 Å². The Labute approximate surface area is 110 Å². The van der Waals surface area contributed by atoms with E-state index in [1.165, 1.54) is 0 Å². The lowest BCUT2D eigenvalue weighted by Crippen LogP contribution is -2.31. The van der Waals surface area contributed by atoms with Crippen LogP contribution in [0.3, 0.4) is 0 Å². The summed E-state index contributed by atoms with van der Waals surface area (Å²) in [5.74, 6) is 2.97. The zero-order valence-corrected chi connectivity index (χ0v) is 12.6. The van der Waals surface area contributed by atoms with Gasteiger partial charge in [-0.3, -0.25) is 0 Å². The fourth-order valence-electron chi connectivity index (χ4n) is 1.37. The lowest BCUT2D eigenvalue weighted by atomic mass is 10.3. The highest BCUT2D eigenvalue weighted by Crippen LogP contribution is 2.18. The molecule has 90 valence electrons. The summed E-state index contributed by atoms with van der Waals surface area (Å²) in [6, 6.07) is 2.44. The highest BCUT2D eigenvalue weighted by atomic mass is 79.9. The Hall–Kier alpha value is -0.290. The van der Waals surface area contributed by atoms with Crippen LogP contribution in [-0.2, 0) is 6.42 Å². The first-order valence-corrected chi connectivity index (χ1v) is 7.52. The highest BCUT2D eigenvalue weighted by Gasteiger charge is 2.12. The normalized spacial score (nSPS) is 12.6. The second-order valence-corrected chi connectivity index (χ2v) is 5.46. The molecule has 0 amide bonds. The molecule has 5 heteroatoms. The summed E-state index contributed by atoms with van der Waals surface area (Å²) in [6.07, 6.45) is 2.98. The van der Waals surface area contributed by atoms with Gasteiger partial charge >= 0.3 is 0 Å². The Morgan fingerprint density at radius 1 is 1.50 bits per heavy atom. The van der Waals surface area contributed by atoms with Crippen molar-refractivity contribution in [3.63, 3.8) is 0 Å². The van der Waals surface area contributed by atoms with Gasteiger partial charge in [0.15, 0.2) is 0 Å². The van der Waals surface area contributed by atoms with Crippen LogP contribution in [0, 0.1) is 0 Å². The van der Waals surface area contributed by atoms with E-state index in [2.05, 4.69) is 57.9 Å². The monoisotopic (exact) mass is 303 g/mol. The number of aryl methyl sites for hydroxylation is 1. The molecule has 1 aromatic heterocycles. The molecule has 0 fully saturated rings. The Balaban J connectivity index is 2.89. The molecule has 0 saturated heterocycles. The minimum atomic E-state index is 0.474. The summed E-state index contributed by atoms with van der Waals surface area (Å²) in [4.78, 5) is 11.0. The Morgan fingerprint density at radius 3 is 2.75 bits per heavy atom. The van der Waals surface area contributed by atoms with Gasteiger partial charge in [-0.1, -0.05) is 6.92 Å². The Kier molecular flexibility index (Phi) is 5.55. The van der Waals surface area contributed by atoms with E-state index in [9.17, 15) is 0 Å². The maximum atomic E-state index is 4.53. The molecule has 0 N–H and O–H groups in total. The summed E-state index contributed by atoms with van der Waals surface area (Å²) in [6.45, 7) is 4.27. The third-order valence-corrected chi connectivity index (χ3v) is 3.70. The molecular formula is C11H18BrN3S. The summed E-state index contributed by atoms with van der Waals surface area (Å²) >= 11 is 5.28. The maximum absolute atomic E-state index is 4.53. The molecule has 0 aliphatic heterocycles. The minimum Gasteiger partial charge on any atom is -0.356 e. The molecule has 1 heterocycles. The SMILES string of the molecule is CCc1nc(Br)cc(N(C)C(C)CSC)n1. The molecule has 1 atom stereocenters. The van der Waals surface area contributed by atoms with Gasteiger partial charge in [-0.05, 0) is 29.1 Å². The number of rotatable bonds is 5. The van der Waals surface area contributed by atoms with Gasteiger partial charge in [0.25, 0.3) is 0 Å². The number of thioether (sulfide) groups is 1. The van der Waals surface area contributed by atoms with Crippen molar-refractivity contribution in [2.75, 3.05) is 24.0 Å². The standard InChI is InChI=1S/C11H18BrN3S/c1-5-10-13-9(12)6-11(14-10)15(3)8(2)7-16-4/h6,8H,5,7H2,1-4H3. The average Bonchev–Trinajstić information content (AvgIpc) is 2.27. The number of hydrogen-bond acceptors (Lipinski definition) is 4. The summed E-state index contributed by atoms with van der Waals surface area (Å²) in [7, 11) is 2.08. The van der Waals surface area contributed by atoms with Crippen LogP contribution in [0.5, 0.6) is 0 Å². The smallest absolute Gasteiger partial charge is 0.133 e. The molecule has 1 aromatic rings. The number of aromatic nitrogens is 2. The molecule has 1 unspecified atom stereocenters. The van der Waals surface area contributed by atoms with Crippen LogP contribution in [0.2, 0.25) is 0 Å². The zero-order valence-electron chi connectivity index (χ0n) is 10.2. The molecule has 16 heavy (non-hydrogen) atoms. The Bertz CT molecular complexity index is 346. The zero-order chi connectivity index (χ0) is 12.1. The van der Waals surface area contributed by atoms with Crippen LogP contribution in [0.1, 0.15) is 19.7 Å². The molecule has 0 aliphatic carbocycles. The predicted octanol–water partition coefficient (Wildman–Crippen LogP) is 2.99. The van der Waals surface area contributed by atoms with Crippen molar-refractivity contribution in [3.8, 4) is 0 Å². The summed E-state index contributed by atoms with van der Waals surface area (Å²) < 4.78 is 0.859. The molecule has 0 bridgehead atoms. The van der Waals surface area contributed by atoms with Gasteiger partial charge in [-0.25, -0.2) is 9.97 Å². The number of hydrogen-bond donors (Lipinski definition) is 0. The van der Waals surface area contributed by atoms with E-state index < -0.39 is 0 Å². The maximum Gasteiger partial charge on any atom is 0.133 e. The average molecular weight is 304 g/mol. The lowest BCUT2D eigenvalue weighted by molar-refractivity contribution is 0.744. The largest absolute Gasteiger partial charge is 0.356 e. The van der Waals surface area contributed by atoms with Crippen molar-refractivity contribution in [2.45, 2.75) is 26.3 Å². The quantitative estimate of drug-likeness (QED) is 0.782. The van der Waals surface area contributed by atoms with E-state index in [4.69, 9.17) is 0 Å². The van der Waals surface area contributed by atoms with Crippen LogP contribution < -0.4 is 4.90 Å². The molecule has 1 rings (SSSR count). The van der Waals surface area contributed by atoms with Crippen LogP contribution in [0.25, 0.3) is 0 Å². The van der Waals surface area contributed by atoms with Crippen LogP contribution in [0.4, 0.5) is 5.82 Å². The fourth-order valence-corrected chi connectivity index (χ4v) is 2.48. The number of halogens is 1. The number of nitrogens with zero attached hydrogens (tertiary/aromatic N) is 3. The van der Waals surface area contributed by atoms with Gasteiger partial charge in [0.1, 0.15) is 16.2 Å². The van der Waals surface area contributed by atoms with E-state index in [0.717, 1.165) is 28.4 Å². The molecular weight excluding hydrogens is 286 g/mol. The minimum absolute atomic E-state index is 0.474. The second kappa shape index (κ2) is 6.45. The molecule has 0 aliphatic rings. The first kappa shape index (κ1) is 13.8. The van der Waals surface area contributed by atoms with Crippen LogP contribution in [-0.4, -0.2) is 35.1 Å². The molecule has 0 saturated carbocycles. The molecule has 0 aromatic carbocycles. The van der Waals surface area contributed by atoms with E-state index in [0.29, 0.717) is 6.04 Å². The van der Waals surface area contributed by atoms with Crippen molar-refractivity contribution in [1.82, 2.24) is 9.97 Å². The van der Waals surface area contributed by atoms with Gasteiger partial charge in [0, 0.05) is 31.3 Å². The third kappa shape index (κ3) is 3.63. The van der Waals surface area contributed by atoms with Crippen LogP contribution >= 0.6 is 27.7 Å². The van der Waals surface area contributed by atoms with Crippen molar-refractivity contribution in [3.05, 3.63) is 16.5 Å². The summed E-state index contributed by atoms with van der Waals surface area (Å²) in [5.41, 5.74) is 0. The number of anilines is 1. The van der Waals surface area contributed by atoms with Gasteiger partial charge in [0.05, 0.1) is 0 Å². The van der Waals surface area contributed by atoms with Crippen molar-refractivity contribution in [2.24, 2.45) is 0 Å². The molecule has 3 nitrogen and oxygen atoms in total. The first-order chi connectivity index (χ1) is 7.58. The highest BCUT2D eigenvalue weighted by molar-refractivity contribution is 9.10. The van der Waals surface area contributed by atoms with E-state index in [1.54, 1.807) is 0 Å². The van der Waals surface area contributed by atoms with Gasteiger partial charge < -0.3 is 4.90 Å². The first-order valence-electron chi connectivity index (χ1n) is 5.33.